The molecule has 1 amide bonds. The Balaban J connectivity index is 1.63. The van der Waals surface area contributed by atoms with Crippen molar-refractivity contribution >= 4 is 63.3 Å². The molecule has 0 atom stereocenters. The van der Waals surface area contributed by atoms with E-state index in [1.807, 2.05) is 30.1 Å². The molecule has 0 saturated carbocycles. The number of aromatic hydroxyl groups is 1. The summed E-state index contributed by atoms with van der Waals surface area (Å²) in [4.78, 5) is 23.7. The maximum absolute atomic E-state index is 13.8. The molecule has 3 aromatic rings. The van der Waals surface area contributed by atoms with Crippen LogP contribution in [0.1, 0.15) is 0 Å². The van der Waals surface area contributed by atoms with E-state index in [0.717, 1.165) is 21.4 Å². The highest BCUT2D eigenvalue weighted by molar-refractivity contribution is 8.20. The average molecular weight is 526 g/mol. The molecule has 2 aliphatic heterocycles. The van der Waals surface area contributed by atoms with Gasteiger partial charge in [-0.1, -0.05) is 23.4 Å². The van der Waals surface area contributed by atoms with E-state index in [1.54, 1.807) is 44.6 Å². The molecule has 35 heavy (non-hydrogen) atoms. The second-order valence-corrected chi connectivity index (χ2v) is 10.0. The third-order valence-electron chi connectivity index (χ3n) is 5.48. The van der Waals surface area contributed by atoms with E-state index < -0.39 is 0 Å². The van der Waals surface area contributed by atoms with Gasteiger partial charge in [0, 0.05) is 23.0 Å². The zero-order chi connectivity index (χ0) is 24.7. The fraction of sp³-hybridized carbons (Fsp3) is 0.120. The van der Waals surface area contributed by atoms with Crippen LogP contribution in [-0.4, -0.2) is 37.4 Å². The first-order valence-corrected chi connectivity index (χ1v) is 12.5. The maximum atomic E-state index is 13.8. The number of rotatable bonds is 4. The Kier molecular flexibility index (Phi) is 6.31. The van der Waals surface area contributed by atoms with Gasteiger partial charge in [-0.3, -0.25) is 9.69 Å². The number of amides is 1. The van der Waals surface area contributed by atoms with Gasteiger partial charge in [-0.25, -0.2) is 4.99 Å². The summed E-state index contributed by atoms with van der Waals surface area (Å²) in [6.45, 7) is 0. The number of halogens is 1. The van der Waals surface area contributed by atoms with Crippen molar-refractivity contribution in [2.24, 2.45) is 4.99 Å². The molecule has 3 aromatic carbocycles. The minimum Gasteiger partial charge on any atom is -0.508 e. The molecule has 0 bridgehead atoms. The number of amidine groups is 1. The van der Waals surface area contributed by atoms with E-state index in [1.165, 1.54) is 40.6 Å². The van der Waals surface area contributed by atoms with E-state index in [4.69, 9.17) is 26.1 Å². The fourth-order valence-corrected chi connectivity index (χ4v) is 6.20. The van der Waals surface area contributed by atoms with Gasteiger partial charge in [0.15, 0.2) is 5.17 Å². The van der Waals surface area contributed by atoms with Crippen LogP contribution in [0.5, 0.6) is 17.2 Å². The summed E-state index contributed by atoms with van der Waals surface area (Å²) in [5, 5.41) is 11.5. The molecule has 2 heterocycles. The summed E-state index contributed by atoms with van der Waals surface area (Å²) in [7, 11) is 5.11. The highest BCUT2D eigenvalue weighted by Gasteiger charge is 2.40. The summed E-state index contributed by atoms with van der Waals surface area (Å²) in [5.41, 5.74) is 2.05. The van der Waals surface area contributed by atoms with Gasteiger partial charge in [-0.15, -0.1) is 0 Å². The van der Waals surface area contributed by atoms with Gasteiger partial charge < -0.3 is 19.5 Å². The van der Waals surface area contributed by atoms with Crippen molar-refractivity contribution in [3.63, 3.8) is 0 Å². The van der Waals surface area contributed by atoms with Gasteiger partial charge in [0.05, 0.1) is 30.6 Å². The highest BCUT2D eigenvalue weighted by Crippen LogP contribution is 2.51. The molecule has 0 aliphatic carbocycles. The second-order valence-electron chi connectivity index (χ2n) is 7.60. The van der Waals surface area contributed by atoms with Crippen molar-refractivity contribution in [1.82, 2.24) is 0 Å². The zero-order valence-electron chi connectivity index (χ0n) is 19.0. The third-order valence-corrected chi connectivity index (χ3v) is 8.11. The number of benzene rings is 3. The Bertz CT molecular complexity index is 1390. The zero-order valence-corrected chi connectivity index (χ0v) is 21.4. The van der Waals surface area contributed by atoms with E-state index >= 15 is 0 Å². The number of anilines is 2. The maximum Gasteiger partial charge on any atom is 0.274 e. The minimum atomic E-state index is -0.213. The number of carbonyl (C=O) groups is 1. The first kappa shape index (κ1) is 23.5. The number of aliphatic imine (C=N–C) groups is 1. The number of fused-ring (bicyclic) bond motifs is 1. The van der Waals surface area contributed by atoms with Crippen molar-refractivity contribution in [2.75, 3.05) is 31.1 Å². The molecule has 0 aromatic heterocycles. The molecule has 0 unspecified atom stereocenters. The van der Waals surface area contributed by atoms with Crippen LogP contribution in [0.4, 0.5) is 17.1 Å². The fourth-order valence-electron chi connectivity index (χ4n) is 3.71. The van der Waals surface area contributed by atoms with Gasteiger partial charge in [0.1, 0.15) is 27.8 Å². The lowest BCUT2D eigenvalue weighted by Crippen LogP contribution is -2.29. The molecular formula is C25H20ClN3O4S2. The van der Waals surface area contributed by atoms with E-state index in [9.17, 15) is 9.90 Å². The lowest BCUT2D eigenvalue weighted by molar-refractivity contribution is -0.113. The monoisotopic (exact) mass is 525 g/mol. The van der Waals surface area contributed by atoms with Crippen LogP contribution in [0.25, 0.3) is 0 Å². The van der Waals surface area contributed by atoms with E-state index in [-0.39, 0.29) is 11.7 Å². The third kappa shape index (κ3) is 4.31. The average Bonchev–Trinajstić information content (AvgIpc) is 3.35. The standard InChI is InChI=1S/C25H20ClN3O4S2/c1-28-19-13-17(32-2)9-11-21(19)34-24(28)22-23(31)29(15-5-7-16(30)8-6-15)25(35-22)27-18-12-14(26)4-10-20(18)33-3/h4-13,30H,1-3H3/b24-22-,27-25?. The molecule has 1 fully saturated rings. The van der Waals surface area contributed by atoms with Crippen molar-refractivity contribution in [1.29, 1.82) is 0 Å². The molecule has 1 N–H and O–H groups in total. The molecule has 0 spiro atoms. The van der Waals surface area contributed by atoms with Crippen LogP contribution in [0, 0.1) is 0 Å². The molecule has 7 nitrogen and oxygen atoms in total. The number of carbonyl (C=O) groups excluding carboxylic acids is 1. The number of methoxy groups -OCH3 is 2. The van der Waals surface area contributed by atoms with Gasteiger partial charge in [0.2, 0.25) is 0 Å². The molecule has 5 rings (SSSR count). The SMILES string of the molecule is COc1ccc2c(c1)N(C)/C(=C1/SC(=Nc3cc(Cl)ccc3OC)N(c3ccc(O)cc3)C1=O)S2. The predicted molar refractivity (Wildman–Crippen MR) is 143 cm³/mol. The van der Waals surface area contributed by atoms with Crippen LogP contribution < -0.4 is 19.3 Å². The summed E-state index contributed by atoms with van der Waals surface area (Å²) < 4.78 is 10.8. The Morgan fingerprint density at radius 1 is 0.971 bits per heavy atom. The number of hydrogen-bond acceptors (Lipinski definition) is 8. The summed E-state index contributed by atoms with van der Waals surface area (Å²) in [5.74, 6) is 1.18. The Labute approximate surface area is 216 Å². The Hall–Kier alpha value is -3.27. The van der Waals surface area contributed by atoms with Crippen LogP contribution in [-0.2, 0) is 4.79 Å². The van der Waals surface area contributed by atoms with Crippen LogP contribution in [0.2, 0.25) is 5.02 Å². The number of nitrogens with zero attached hydrogens (tertiary/aromatic N) is 3. The molecule has 10 heteroatoms. The number of hydrogen-bond donors (Lipinski definition) is 1. The quantitative estimate of drug-likeness (QED) is 0.404. The highest BCUT2D eigenvalue weighted by atomic mass is 35.5. The molecule has 0 radical (unpaired) electrons. The van der Waals surface area contributed by atoms with Gasteiger partial charge in [0.25, 0.3) is 5.91 Å². The second kappa shape index (κ2) is 9.41. The van der Waals surface area contributed by atoms with Crippen molar-refractivity contribution in [2.45, 2.75) is 4.90 Å². The van der Waals surface area contributed by atoms with Gasteiger partial charge in [-0.2, -0.15) is 0 Å². The first-order chi connectivity index (χ1) is 16.9. The summed E-state index contributed by atoms with van der Waals surface area (Å²) in [6.07, 6.45) is 0. The van der Waals surface area contributed by atoms with Crippen LogP contribution in [0.15, 0.2) is 80.5 Å². The molecule has 178 valence electrons. The van der Waals surface area contributed by atoms with Crippen molar-refractivity contribution in [3.05, 3.63) is 75.6 Å². The summed E-state index contributed by atoms with van der Waals surface area (Å²) >= 11 is 9.02. The summed E-state index contributed by atoms with van der Waals surface area (Å²) in [6, 6.07) is 17.4. The van der Waals surface area contributed by atoms with Crippen LogP contribution >= 0.6 is 35.1 Å². The van der Waals surface area contributed by atoms with Gasteiger partial charge >= 0.3 is 0 Å². The predicted octanol–water partition coefficient (Wildman–Crippen LogP) is 6.24. The Morgan fingerprint density at radius 3 is 2.46 bits per heavy atom. The number of phenolic OH excluding ortho intramolecular Hbond substituents is 1. The van der Waals surface area contributed by atoms with E-state index in [0.29, 0.717) is 32.2 Å². The largest absolute Gasteiger partial charge is 0.508 e. The topological polar surface area (TPSA) is 74.6 Å². The minimum absolute atomic E-state index is 0.108. The van der Waals surface area contributed by atoms with E-state index in [2.05, 4.69) is 0 Å². The first-order valence-electron chi connectivity index (χ1n) is 10.5. The molecule has 1 saturated heterocycles. The Morgan fingerprint density at radius 2 is 1.74 bits per heavy atom. The normalized spacial score (nSPS) is 18.4. The molecule has 2 aliphatic rings. The lowest BCUT2D eigenvalue weighted by Gasteiger charge is -2.17. The number of thioether (sulfide) groups is 2. The van der Waals surface area contributed by atoms with Gasteiger partial charge in [-0.05, 0) is 66.4 Å². The molecular weight excluding hydrogens is 506 g/mol. The van der Waals surface area contributed by atoms with Crippen molar-refractivity contribution in [3.8, 4) is 17.2 Å². The van der Waals surface area contributed by atoms with Crippen molar-refractivity contribution < 1.29 is 19.4 Å². The number of phenols is 1. The lowest BCUT2D eigenvalue weighted by atomic mass is 10.2. The smallest absolute Gasteiger partial charge is 0.274 e. The van der Waals surface area contributed by atoms with Crippen LogP contribution in [0.3, 0.4) is 0 Å². The number of ether oxygens (including phenoxy) is 2.